The molecule has 0 amide bonds. The number of nitrogens with zero attached hydrogens (tertiary/aromatic N) is 1. The summed E-state index contributed by atoms with van der Waals surface area (Å²) in [6, 6.07) is 7.71. The van der Waals surface area contributed by atoms with Crippen LogP contribution in [0.15, 0.2) is 18.2 Å². The molecule has 0 heterocycles. The fraction of sp³-hybridized carbons (Fsp3) is 0.462. The van der Waals surface area contributed by atoms with E-state index in [1.54, 1.807) is 6.07 Å². The molecule has 2 heteroatoms. The van der Waals surface area contributed by atoms with Crippen LogP contribution in [0.4, 0.5) is 0 Å². The van der Waals surface area contributed by atoms with Crippen LogP contribution < -0.4 is 0 Å². The first-order valence-corrected chi connectivity index (χ1v) is 5.14. The Kier molecular flexibility index (Phi) is 3.36. The molecule has 0 radical (unpaired) electrons. The molecule has 1 aromatic rings. The number of hydrogen-bond acceptors (Lipinski definition) is 2. The summed E-state index contributed by atoms with van der Waals surface area (Å²) in [5.74, 6) is 0.336. The van der Waals surface area contributed by atoms with Crippen LogP contribution in [0, 0.1) is 11.3 Å². The molecule has 0 atom stereocenters. The fourth-order valence-corrected chi connectivity index (χ4v) is 1.54. The van der Waals surface area contributed by atoms with Gasteiger partial charge in [0, 0.05) is 6.42 Å². The van der Waals surface area contributed by atoms with Gasteiger partial charge in [0.25, 0.3) is 0 Å². The van der Waals surface area contributed by atoms with Crippen molar-refractivity contribution in [3.05, 3.63) is 29.3 Å². The van der Waals surface area contributed by atoms with Crippen LogP contribution >= 0.6 is 0 Å². The third-order valence-electron chi connectivity index (χ3n) is 2.39. The number of hydrogen-bond donors (Lipinski definition) is 1. The summed E-state index contributed by atoms with van der Waals surface area (Å²) >= 11 is 0. The lowest BCUT2D eigenvalue weighted by Crippen LogP contribution is -2.11. The Bertz CT molecular complexity index is 383. The normalized spacial score (nSPS) is 11.1. The quantitative estimate of drug-likeness (QED) is 0.802. The zero-order valence-electron chi connectivity index (χ0n) is 9.54. The van der Waals surface area contributed by atoms with Gasteiger partial charge >= 0.3 is 0 Å². The smallest absolute Gasteiger partial charge is 0.119 e. The maximum absolute atomic E-state index is 9.73. The maximum atomic E-state index is 9.73. The lowest BCUT2D eigenvalue weighted by molar-refractivity contribution is 0.446. The Labute approximate surface area is 91.2 Å². The third kappa shape index (κ3) is 2.99. The van der Waals surface area contributed by atoms with E-state index in [2.05, 4.69) is 26.8 Å². The lowest BCUT2D eigenvalue weighted by atomic mass is 9.85. The van der Waals surface area contributed by atoms with Crippen LogP contribution in [0.1, 0.15) is 38.3 Å². The van der Waals surface area contributed by atoms with Crippen molar-refractivity contribution in [2.45, 2.75) is 39.0 Å². The molecule has 0 fully saturated rings. The van der Waals surface area contributed by atoms with Crippen molar-refractivity contribution in [1.82, 2.24) is 0 Å². The monoisotopic (exact) mass is 203 g/mol. The topological polar surface area (TPSA) is 44.0 Å². The van der Waals surface area contributed by atoms with Gasteiger partial charge < -0.3 is 5.11 Å². The summed E-state index contributed by atoms with van der Waals surface area (Å²) in [7, 11) is 0. The van der Waals surface area contributed by atoms with Crippen molar-refractivity contribution in [3.8, 4) is 11.8 Å². The Morgan fingerprint density at radius 3 is 2.53 bits per heavy atom. The lowest BCUT2D eigenvalue weighted by Gasteiger charge is -2.21. The van der Waals surface area contributed by atoms with E-state index in [1.165, 1.54) is 0 Å². The highest BCUT2D eigenvalue weighted by atomic mass is 16.3. The van der Waals surface area contributed by atoms with E-state index in [4.69, 9.17) is 5.26 Å². The average Bonchev–Trinajstić information content (AvgIpc) is 2.15. The molecule has 0 saturated carbocycles. The van der Waals surface area contributed by atoms with Gasteiger partial charge in [0.15, 0.2) is 0 Å². The van der Waals surface area contributed by atoms with Crippen molar-refractivity contribution in [1.29, 1.82) is 5.26 Å². The molecule has 0 aliphatic rings. The van der Waals surface area contributed by atoms with Crippen molar-refractivity contribution in [2.24, 2.45) is 0 Å². The number of aryl methyl sites for hydroxylation is 1. The van der Waals surface area contributed by atoms with E-state index >= 15 is 0 Å². The molecule has 0 saturated heterocycles. The van der Waals surface area contributed by atoms with E-state index in [9.17, 15) is 5.11 Å². The largest absolute Gasteiger partial charge is 0.508 e. The second-order valence-electron chi connectivity index (χ2n) is 4.76. The molecular formula is C13H17NO. The first-order chi connectivity index (χ1) is 6.95. The van der Waals surface area contributed by atoms with Crippen LogP contribution in [0.25, 0.3) is 0 Å². The highest BCUT2D eigenvalue weighted by Crippen LogP contribution is 2.31. The van der Waals surface area contributed by atoms with Crippen LogP contribution in [0.3, 0.4) is 0 Å². The molecule has 0 bridgehead atoms. The molecule has 1 N–H and O–H groups in total. The molecule has 0 aromatic heterocycles. The molecule has 0 unspecified atom stereocenters. The zero-order valence-corrected chi connectivity index (χ0v) is 9.54. The fourth-order valence-electron chi connectivity index (χ4n) is 1.54. The molecule has 2 nitrogen and oxygen atoms in total. The molecule has 15 heavy (non-hydrogen) atoms. The second-order valence-corrected chi connectivity index (χ2v) is 4.76. The highest BCUT2D eigenvalue weighted by Gasteiger charge is 2.18. The van der Waals surface area contributed by atoms with Crippen LogP contribution in [-0.4, -0.2) is 5.11 Å². The summed E-state index contributed by atoms with van der Waals surface area (Å²) in [4.78, 5) is 0. The first kappa shape index (κ1) is 11.6. The molecule has 0 aliphatic heterocycles. The summed E-state index contributed by atoms with van der Waals surface area (Å²) in [5.41, 5.74) is 1.99. The molecular weight excluding hydrogens is 186 g/mol. The first-order valence-electron chi connectivity index (χ1n) is 5.14. The third-order valence-corrected chi connectivity index (χ3v) is 2.39. The van der Waals surface area contributed by atoms with Gasteiger partial charge in [-0.3, -0.25) is 0 Å². The SMILES string of the molecule is CC(C)(C)c1cc(CCC#N)ccc1O. The van der Waals surface area contributed by atoms with E-state index in [-0.39, 0.29) is 5.41 Å². The average molecular weight is 203 g/mol. The number of phenols is 1. The summed E-state index contributed by atoms with van der Waals surface area (Å²) < 4.78 is 0. The molecule has 80 valence electrons. The maximum Gasteiger partial charge on any atom is 0.119 e. The number of rotatable bonds is 2. The van der Waals surface area contributed by atoms with Gasteiger partial charge in [0.2, 0.25) is 0 Å². The van der Waals surface area contributed by atoms with Crippen LogP contribution in [-0.2, 0) is 11.8 Å². The minimum atomic E-state index is -0.0628. The number of phenolic OH excluding ortho intramolecular Hbond substituents is 1. The van der Waals surface area contributed by atoms with E-state index < -0.39 is 0 Å². The van der Waals surface area contributed by atoms with Gasteiger partial charge in [-0.1, -0.05) is 32.9 Å². The van der Waals surface area contributed by atoms with Crippen molar-refractivity contribution in [3.63, 3.8) is 0 Å². The standard InChI is InChI=1S/C13H17NO/c1-13(2,3)11-9-10(5-4-8-14)6-7-12(11)15/h6-7,9,15H,4-5H2,1-3H3. The number of benzene rings is 1. The van der Waals surface area contributed by atoms with Crippen LogP contribution in [0.5, 0.6) is 5.75 Å². The molecule has 1 rings (SSSR count). The van der Waals surface area contributed by atoms with Gasteiger partial charge in [-0.05, 0) is 29.0 Å². The van der Waals surface area contributed by atoms with E-state index in [0.717, 1.165) is 17.5 Å². The summed E-state index contributed by atoms with van der Waals surface area (Å²) in [6.07, 6.45) is 1.27. The van der Waals surface area contributed by atoms with Gasteiger partial charge in [-0.25, -0.2) is 0 Å². The molecule has 0 spiro atoms. The summed E-state index contributed by atoms with van der Waals surface area (Å²) in [5, 5.41) is 18.2. The van der Waals surface area contributed by atoms with E-state index in [0.29, 0.717) is 12.2 Å². The van der Waals surface area contributed by atoms with Crippen molar-refractivity contribution < 1.29 is 5.11 Å². The highest BCUT2D eigenvalue weighted by molar-refractivity contribution is 5.40. The molecule has 1 aromatic carbocycles. The van der Waals surface area contributed by atoms with Crippen molar-refractivity contribution >= 4 is 0 Å². The van der Waals surface area contributed by atoms with Gasteiger partial charge in [0.05, 0.1) is 6.07 Å². The summed E-state index contributed by atoms with van der Waals surface area (Å²) in [6.45, 7) is 6.20. The Morgan fingerprint density at radius 1 is 1.33 bits per heavy atom. The Hall–Kier alpha value is -1.49. The second kappa shape index (κ2) is 4.35. The molecule has 0 aliphatic carbocycles. The Morgan fingerprint density at radius 2 is 2.00 bits per heavy atom. The predicted octanol–water partition coefficient (Wildman–Crippen LogP) is 3.15. The minimum Gasteiger partial charge on any atom is -0.508 e. The van der Waals surface area contributed by atoms with Gasteiger partial charge in [-0.2, -0.15) is 5.26 Å². The Balaban J connectivity index is 3.02. The van der Waals surface area contributed by atoms with Gasteiger partial charge in [-0.15, -0.1) is 0 Å². The number of aromatic hydroxyl groups is 1. The van der Waals surface area contributed by atoms with Crippen LogP contribution in [0.2, 0.25) is 0 Å². The van der Waals surface area contributed by atoms with E-state index in [1.807, 2.05) is 12.1 Å². The van der Waals surface area contributed by atoms with Gasteiger partial charge in [0.1, 0.15) is 5.75 Å². The number of nitriles is 1. The zero-order chi connectivity index (χ0) is 11.5. The minimum absolute atomic E-state index is 0.0628. The predicted molar refractivity (Wildman–Crippen MR) is 60.7 cm³/mol. The van der Waals surface area contributed by atoms with Crippen molar-refractivity contribution in [2.75, 3.05) is 0 Å².